The Balaban J connectivity index is 2.94. The predicted molar refractivity (Wildman–Crippen MR) is 50.4 cm³/mol. The maximum atomic E-state index is 5.27. The summed E-state index contributed by atoms with van der Waals surface area (Å²) in [6.07, 6.45) is 0. The normalized spacial score (nSPS) is 12.0. The highest BCUT2D eigenvalue weighted by Gasteiger charge is 2.26. The molecule has 0 spiro atoms. The maximum Gasteiger partial charge on any atom is 0.200 e. The molecule has 3 heteroatoms. The zero-order valence-corrected chi connectivity index (χ0v) is 8.70. The van der Waals surface area contributed by atoms with E-state index in [1.54, 1.807) is 25.6 Å². The van der Waals surface area contributed by atoms with Gasteiger partial charge in [-0.2, -0.15) is 0 Å². The standard InChI is InChI=1S/C9H14O2S/c1-7-5-8(12-6-7)9(2,10-3)11-4/h5-6H,1-4H3. The van der Waals surface area contributed by atoms with Gasteiger partial charge in [0.2, 0.25) is 5.79 Å². The van der Waals surface area contributed by atoms with Gasteiger partial charge in [-0.05, 0) is 30.9 Å². The van der Waals surface area contributed by atoms with Crippen LogP contribution >= 0.6 is 11.3 Å². The highest BCUT2D eigenvalue weighted by molar-refractivity contribution is 7.10. The zero-order valence-electron chi connectivity index (χ0n) is 7.88. The summed E-state index contributed by atoms with van der Waals surface area (Å²) < 4.78 is 10.5. The van der Waals surface area contributed by atoms with Gasteiger partial charge in [0.1, 0.15) is 0 Å². The molecule has 0 aliphatic carbocycles. The fourth-order valence-electron chi connectivity index (χ4n) is 0.954. The van der Waals surface area contributed by atoms with Crippen LogP contribution in [0, 0.1) is 6.92 Å². The summed E-state index contributed by atoms with van der Waals surface area (Å²) in [4.78, 5) is 1.10. The molecule has 0 aromatic carbocycles. The van der Waals surface area contributed by atoms with Crippen LogP contribution in [0.25, 0.3) is 0 Å². The van der Waals surface area contributed by atoms with Gasteiger partial charge in [0.25, 0.3) is 0 Å². The van der Waals surface area contributed by atoms with Crippen molar-refractivity contribution in [3.8, 4) is 0 Å². The lowest BCUT2D eigenvalue weighted by atomic mass is 10.2. The first-order chi connectivity index (χ1) is 5.62. The first kappa shape index (κ1) is 9.71. The molecule has 0 radical (unpaired) electrons. The molecule has 0 N–H and O–H groups in total. The number of methoxy groups -OCH3 is 2. The molecule has 0 aliphatic heterocycles. The molecule has 12 heavy (non-hydrogen) atoms. The molecule has 0 atom stereocenters. The quantitative estimate of drug-likeness (QED) is 0.675. The number of hydrogen-bond donors (Lipinski definition) is 0. The van der Waals surface area contributed by atoms with Gasteiger partial charge in [-0.3, -0.25) is 0 Å². The lowest BCUT2D eigenvalue weighted by Gasteiger charge is -2.24. The molecule has 1 aromatic rings. The average Bonchev–Trinajstić information content (AvgIpc) is 2.51. The summed E-state index contributed by atoms with van der Waals surface area (Å²) in [5.41, 5.74) is 1.25. The van der Waals surface area contributed by atoms with Crippen LogP contribution in [0.15, 0.2) is 11.4 Å². The molecule has 0 fully saturated rings. The van der Waals surface area contributed by atoms with E-state index in [1.807, 2.05) is 6.92 Å². The van der Waals surface area contributed by atoms with Gasteiger partial charge in [0, 0.05) is 14.2 Å². The summed E-state index contributed by atoms with van der Waals surface area (Å²) >= 11 is 1.66. The van der Waals surface area contributed by atoms with E-state index in [0.717, 1.165) is 4.88 Å². The molecular formula is C9H14O2S. The van der Waals surface area contributed by atoms with E-state index in [9.17, 15) is 0 Å². The second kappa shape index (κ2) is 3.56. The van der Waals surface area contributed by atoms with Gasteiger partial charge < -0.3 is 9.47 Å². The summed E-state index contributed by atoms with van der Waals surface area (Å²) in [6, 6.07) is 2.08. The fraction of sp³-hybridized carbons (Fsp3) is 0.556. The minimum Gasteiger partial charge on any atom is -0.349 e. The molecule has 0 saturated carbocycles. The SMILES string of the molecule is COC(C)(OC)c1cc(C)cs1. The first-order valence-corrected chi connectivity index (χ1v) is 4.66. The van der Waals surface area contributed by atoms with E-state index >= 15 is 0 Å². The van der Waals surface area contributed by atoms with Crippen LogP contribution in [-0.2, 0) is 15.3 Å². The van der Waals surface area contributed by atoms with Crippen LogP contribution in [-0.4, -0.2) is 14.2 Å². The first-order valence-electron chi connectivity index (χ1n) is 3.78. The van der Waals surface area contributed by atoms with E-state index in [0.29, 0.717) is 0 Å². The van der Waals surface area contributed by atoms with Crippen molar-refractivity contribution in [1.82, 2.24) is 0 Å². The van der Waals surface area contributed by atoms with Crippen molar-refractivity contribution >= 4 is 11.3 Å². The number of aryl methyl sites for hydroxylation is 1. The van der Waals surface area contributed by atoms with Crippen LogP contribution in [0.2, 0.25) is 0 Å². The number of hydrogen-bond acceptors (Lipinski definition) is 3. The van der Waals surface area contributed by atoms with Crippen molar-refractivity contribution in [3.63, 3.8) is 0 Å². The van der Waals surface area contributed by atoms with Crippen molar-refractivity contribution in [2.45, 2.75) is 19.6 Å². The molecule has 1 rings (SSSR count). The Morgan fingerprint density at radius 1 is 1.33 bits per heavy atom. The molecule has 0 bridgehead atoms. The Hall–Kier alpha value is -0.380. The van der Waals surface area contributed by atoms with E-state index in [1.165, 1.54) is 5.56 Å². The molecule has 2 nitrogen and oxygen atoms in total. The summed E-state index contributed by atoms with van der Waals surface area (Å²) in [6.45, 7) is 3.98. The lowest BCUT2D eigenvalue weighted by molar-refractivity contribution is -0.199. The monoisotopic (exact) mass is 186 g/mol. The van der Waals surface area contributed by atoms with Gasteiger partial charge in [-0.15, -0.1) is 11.3 Å². The highest BCUT2D eigenvalue weighted by Crippen LogP contribution is 2.30. The third-order valence-electron chi connectivity index (χ3n) is 1.96. The number of thiophene rings is 1. The molecule has 1 aromatic heterocycles. The molecule has 0 unspecified atom stereocenters. The second-order valence-electron chi connectivity index (χ2n) is 2.84. The molecule has 0 aliphatic rings. The largest absolute Gasteiger partial charge is 0.349 e. The Morgan fingerprint density at radius 3 is 2.25 bits per heavy atom. The highest BCUT2D eigenvalue weighted by atomic mass is 32.1. The van der Waals surface area contributed by atoms with Crippen LogP contribution in [0.5, 0.6) is 0 Å². The number of rotatable bonds is 3. The maximum absolute atomic E-state index is 5.27. The molecule has 1 heterocycles. The average molecular weight is 186 g/mol. The molecule has 0 amide bonds. The van der Waals surface area contributed by atoms with Crippen LogP contribution in [0.1, 0.15) is 17.4 Å². The molecular weight excluding hydrogens is 172 g/mol. The fourth-order valence-corrected chi connectivity index (χ4v) is 1.97. The summed E-state index contributed by atoms with van der Waals surface area (Å²) in [5.74, 6) is -0.584. The third-order valence-corrected chi connectivity index (χ3v) is 3.19. The van der Waals surface area contributed by atoms with Crippen molar-refractivity contribution in [1.29, 1.82) is 0 Å². The third kappa shape index (κ3) is 1.68. The van der Waals surface area contributed by atoms with Gasteiger partial charge >= 0.3 is 0 Å². The zero-order chi connectivity index (χ0) is 9.19. The number of ether oxygens (including phenoxy) is 2. The van der Waals surface area contributed by atoms with Crippen molar-refractivity contribution in [2.24, 2.45) is 0 Å². The van der Waals surface area contributed by atoms with Gasteiger partial charge in [-0.1, -0.05) is 0 Å². The minimum atomic E-state index is -0.584. The van der Waals surface area contributed by atoms with Crippen LogP contribution < -0.4 is 0 Å². The van der Waals surface area contributed by atoms with E-state index in [2.05, 4.69) is 18.4 Å². The Labute approximate surface area is 77.1 Å². The molecule has 68 valence electrons. The summed E-state index contributed by atoms with van der Waals surface area (Å²) in [7, 11) is 3.30. The lowest BCUT2D eigenvalue weighted by Crippen LogP contribution is -2.25. The Kier molecular flexibility index (Phi) is 2.88. The second-order valence-corrected chi connectivity index (χ2v) is 3.75. The van der Waals surface area contributed by atoms with Gasteiger partial charge in [0.05, 0.1) is 4.88 Å². The van der Waals surface area contributed by atoms with Gasteiger partial charge in [0.15, 0.2) is 0 Å². The van der Waals surface area contributed by atoms with E-state index in [4.69, 9.17) is 9.47 Å². The van der Waals surface area contributed by atoms with Crippen molar-refractivity contribution in [2.75, 3.05) is 14.2 Å². The van der Waals surface area contributed by atoms with Gasteiger partial charge in [-0.25, -0.2) is 0 Å². The van der Waals surface area contributed by atoms with Crippen LogP contribution in [0.3, 0.4) is 0 Å². The molecule has 0 saturated heterocycles. The van der Waals surface area contributed by atoms with Crippen molar-refractivity contribution in [3.05, 3.63) is 21.9 Å². The minimum absolute atomic E-state index is 0.584. The summed E-state index contributed by atoms with van der Waals surface area (Å²) in [5, 5.41) is 2.09. The predicted octanol–water partition coefficient (Wildman–Crippen LogP) is 2.52. The Morgan fingerprint density at radius 2 is 1.92 bits per heavy atom. The van der Waals surface area contributed by atoms with E-state index < -0.39 is 5.79 Å². The van der Waals surface area contributed by atoms with E-state index in [-0.39, 0.29) is 0 Å². The topological polar surface area (TPSA) is 18.5 Å². The van der Waals surface area contributed by atoms with Crippen molar-refractivity contribution < 1.29 is 9.47 Å². The smallest absolute Gasteiger partial charge is 0.200 e. The van der Waals surface area contributed by atoms with Crippen LogP contribution in [0.4, 0.5) is 0 Å². The Bertz CT molecular complexity index is 251.